The molecule has 0 aromatic heterocycles. The molecule has 0 spiro atoms. The highest BCUT2D eigenvalue weighted by Gasteiger charge is 2.52. The fourth-order valence-electron chi connectivity index (χ4n) is 4.60. The lowest BCUT2D eigenvalue weighted by Gasteiger charge is -2.50. The van der Waals surface area contributed by atoms with Gasteiger partial charge in [0.15, 0.2) is 0 Å². The van der Waals surface area contributed by atoms with E-state index >= 15 is 0 Å². The number of rotatable bonds is 3. The molecule has 6 heteroatoms. The minimum atomic E-state index is -0.338. The van der Waals surface area contributed by atoms with E-state index in [2.05, 4.69) is 10.6 Å². The van der Waals surface area contributed by atoms with Gasteiger partial charge in [-0.05, 0) is 30.7 Å². The lowest BCUT2D eigenvalue weighted by atomic mass is 9.67. The van der Waals surface area contributed by atoms with Crippen LogP contribution in [0, 0.1) is 17.8 Å². The molecule has 0 radical (unpaired) electrons. The fourth-order valence-corrected chi connectivity index (χ4v) is 4.60. The molecule has 6 nitrogen and oxygen atoms in total. The SMILES string of the molecule is O=C1CCCC2C1CNC1C2C(=O)NC(=O)N1CCc1ccccc1. The van der Waals surface area contributed by atoms with Crippen LogP contribution < -0.4 is 10.6 Å². The lowest BCUT2D eigenvalue weighted by molar-refractivity contribution is -0.141. The van der Waals surface area contributed by atoms with Crippen LogP contribution in [-0.4, -0.2) is 41.9 Å². The van der Waals surface area contributed by atoms with Crippen molar-refractivity contribution >= 4 is 17.7 Å². The van der Waals surface area contributed by atoms with Crippen molar-refractivity contribution in [3.8, 4) is 0 Å². The zero-order valence-corrected chi connectivity index (χ0v) is 14.1. The molecule has 1 aromatic rings. The average molecular weight is 341 g/mol. The van der Waals surface area contributed by atoms with E-state index in [1.165, 1.54) is 0 Å². The highest BCUT2D eigenvalue weighted by molar-refractivity contribution is 5.99. The molecule has 1 saturated carbocycles. The van der Waals surface area contributed by atoms with E-state index in [1.807, 2.05) is 30.3 Å². The summed E-state index contributed by atoms with van der Waals surface area (Å²) in [5.41, 5.74) is 1.16. The number of imide groups is 1. The molecule has 25 heavy (non-hydrogen) atoms. The normalized spacial score (nSPS) is 32.0. The van der Waals surface area contributed by atoms with Crippen molar-refractivity contribution in [2.75, 3.05) is 13.1 Å². The summed E-state index contributed by atoms with van der Waals surface area (Å²) in [4.78, 5) is 38.8. The van der Waals surface area contributed by atoms with Gasteiger partial charge < -0.3 is 4.90 Å². The van der Waals surface area contributed by atoms with Gasteiger partial charge in [0.2, 0.25) is 5.91 Å². The molecule has 0 bridgehead atoms. The van der Waals surface area contributed by atoms with Gasteiger partial charge in [-0.2, -0.15) is 0 Å². The van der Waals surface area contributed by atoms with E-state index in [0.717, 1.165) is 24.8 Å². The summed E-state index contributed by atoms with van der Waals surface area (Å²) in [5, 5.41) is 5.83. The predicted octanol–water partition coefficient (Wildman–Crippen LogP) is 1.31. The summed E-state index contributed by atoms with van der Waals surface area (Å²) in [6.07, 6.45) is 2.76. The summed E-state index contributed by atoms with van der Waals surface area (Å²) in [6.45, 7) is 1.11. The number of ketones is 1. The van der Waals surface area contributed by atoms with Gasteiger partial charge in [-0.1, -0.05) is 30.3 Å². The van der Waals surface area contributed by atoms with Gasteiger partial charge in [0.05, 0.1) is 12.1 Å². The van der Waals surface area contributed by atoms with Gasteiger partial charge in [-0.15, -0.1) is 0 Å². The molecular formula is C19H23N3O3. The number of benzene rings is 1. The van der Waals surface area contributed by atoms with Crippen LogP contribution in [-0.2, 0) is 16.0 Å². The van der Waals surface area contributed by atoms with Crippen molar-refractivity contribution in [1.29, 1.82) is 0 Å². The number of Topliss-reactive ketones (excluding diaryl/α,β-unsaturated/α-hetero) is 1. The van der Waals surface area contributed by atoms with Gasteiger partial charge in [0.1, 0.15) is 5.78 Å². The number of nitrogens with one attached hydrogen (secondary N) is 2. The zero-order chi connectivity index (χ0) is 17.4. The van der Waals surface area contributed by atoms with Crippen molar-refractivity contribution < 1.29 is 14.4 Å². The minimum Gasteiger partial charge on any atom is -0.308 e. The number of nitrogens with zero attached hydrogens (tertiary/aromatic N) is 1. The third-order valence-corrected chi connectivity index (χ3v) is 5.85. The monoisotopic (exact) mass is 341 g/mol. The molecule has 1 aromatic carbocycles. The van der Waals surface area contributed by atoms with E-state index in [-0.39, 0.29) is 41.6 Å². The largest absolute Gasteiger partial charge is 0.325 e. The third kappa shape index (κ3) is 2.95. The van der Waals surface area contributed by atoms with Crippen LogP contribution in [0.4, 0.5) is 4.79 Å². The first kappa shape index (κ1) is 16.3. The van der Waals surface area contributed by atoms with E-state index in [9.17, 15) is 14.4 Å². The molecule has 2 aliphatic heterocycles. The number of piperidine rings is 1. The van der Waals surface area contributed by atoms with Gasteiger partial charge in [0.25, 0.3) is 0 Å². The molecule has 3 aliphatic rings. The van der Waals surface area contributed by atoms with Crippen molar-refractivity contribution in [3.05, 3.63) is 35.9 Å². The number of urea groups is 1. The van der Waals surface area contributed by atoms with Crippen LogP contribution in [0.2, 0.25) is 0 Å². The molecule has 132 valence electrons. The molecule has 4 atom stereocenters. The zero-order valence-electron chi connectivity index (χ0n) is 14.1. The van der Waals surface area contributed by atoms with E-state index in [4.69, 9.17) is 0 Å². The lowest BCUT2D eigenvalue weighted by Crippen LogP contribution is -2.71. The molecule has 4 rings (SSSR count). The van der Waals surface area contributed by atoms with Crippen molar-refractivity contribution in [1.82, 2.24) is 15.5 Å². The van der Waals surface area contributed by atoms with Crippen LogP contribution in [0.25, 0.3) is 0 Å². The molecule has 1 aliphatic carbocycles. The summed E-state index contributed by atoms with van der Waals surface area (Å²) in [7, 11) is 0. The van der Waals surface area contributed by atoms with Crippen LogP contribution in [0.1, 0.15) is 24.8 Å². The highest BCUT2D eigenvalue weighted by atomic mass is 16.2. The van der Waals surface area contributed by atoms with E-state index < -0.39 is 0 Å². The van der Waals surface area contributed by atoms with Gasteiger partial charge in [0, 0.05) is 25.4 Å². The van der Waals surface area contributed by atoms with Crippen LogP contribution >= 0.6 is 0 Å². The van der Waals surface area contributed by atoms with Crippen molar-refractivity contribution in [2.24, 2.45) is 17.8 Å². The maximum Gasteiger partial charge on any atom is 0.325 e. The molecule has 2 N–H and O–H groups in total. The van der Waals surface area contributed by atoms with E-state index in [1.54, 1.807) is 4.90 Å². The maximum absolute atomic E-state index is 12.5. The average Bonchev–Trinajstić information content (AvgIpc) is 2.62. The van der Waals surface area contributed by atoms with Crippen LogP contribution in [0.3, 0.4) is 0 Å². The summed E-state index contributed by atoms with van der Waals surface area (Å²) >= 11 is 0. The Morgan fingerprint density at radius 2 is 1.92 bits per heavy atom. The third-order valence-electron chi connectivity index (χ3n) is 5.85. The smallest absolute Gasteiger partial charge is 0.308 e. The van der Waals surface area contributed by atoms with Gasteiger partial charge >= 0.3 is 6.03 Å². The predicted molar refractivity (Wildman–Crippen MR) is 91.5 cm³/mol. The summed E-state index contributed by atoms with van der Waals surface area (Å²) in [6, 6.07) is 9.66. The molecule has 3 fully saturated rings. The Bertz CT molecular complexity index is 690. The molecule has 2 heterocycles. The first-order valence-corrected chi connectivity index (χ1v) is 9.06. The van der Waals surface area contributed by atoms with E-state index in [0.29, 0.717) is 19.5 Å². The summed E-state index contributed by atoms with van der Waals surface area (Å²) < 4.78 is 0. The number of carbonyl (C=O) groups is 3. The Balaban J connectivity index is 1.53. The Hall–Kier alpha value is -2.21. The van der Waals surface area contributed by atoms with Crippen molar-refractivity contribution in [2.45, 2.75) is 31.8 Å². The number of fused-ring (bicyclic) bond motifs is 3. The fraction of sp³-hybridized carbons (Fsp3) is 0.526. The second-order valence-corrected chi connectivity index (χ2v) is 7.23. The van der Waals surface area contributed by atoms with Crippen LogP contribution in [0.5, 0.6) is 0 Å². The van der Waals surface area contributed by atoms with Gasteiger partial charge in [-0.25, -0.2) is 4.79 Å². The minimum absolute atomic E-state index is 0.0415. The van der Waals surface area contributed by atoms with Crippen molar-refractivity contribution in [3.63, 3.8) is 0 Å². The molecule has 2 saturated heterocycles. The maximum atomic E-state index is 12.5. The molecule has 4 unspecified atom stereocenters. The molecular weight excluding hydrogens is 318 g/mol. The Kier molecular flexibility index (Phi) is 4.29. The summed E-state index contributed by atoms with van der Waals surface area (Å²) in [5.74, 6) is -0.369. The number of amides is 3. The topological polar surface area (TPSA) is 78.5 Å². The second kappa shape index (κ2) is 6.59. The number of carbonyl (C=O) groups excluding carboxylic acids is 3. The standard InChI is InChI=1S/C19H23N3O3/c23-15-8-4-7-13-14(15)11-20-17-16(13)18(24)21-19(25)22(17)10-9-12-5-2-1-3-6-12/h1-3,5-6,13-14,16-17,20H,4,7-11H2,(H,21,24,25). The number of hydrogen-bond acceptors (Lipinski definition) is 4. The van der Waals surface area contributed by atoms with Gasteiger partial charge in [-0.3, -0.25) is 20.2 Å². The highest BCUT2D eigenvalue weighted by Crippen LogP contribution is 2.39. The second-order valence-electron chi connectivity index (χ2n) is 7.23. The quantitative estimate of drug-likeness (QED) is 0.869. The Morgan fingerprint density at radius 1 is 1.12 bits per heavy atom. The Labute approximate surface area is 147 Å². The number of hydrogen-bond donors (Lipinski definition) is 2. The first-order valence-electron chi connectivity index (χ1n) is 9.06. The van der Waals surface area contributed by atoms with Crippen LogP contribution in [0.15, 0.2) is 30.3 Å². The Morgan fingerprint density at radius 3 is 2.72 bits per heavy atom. The molecule has 3 amide bonds. The first-order chi connectivity index (χ1) is 12.1.